The molecule has 0 aliphatic carbocycles. The zero-order chi connectivity index (χ0) is 31.2. The second kappa shape index (κ2) is 11.2. The molecule has 0 aliphatic heterocycles. The highest BCUT2D eigenvalue weighted by Crippen LogP contribution is 2.40. The molecule has 0 aliphatic rings. The first-order valence-corrected chi connectivity index (χ1v) is 15.7. The Bertz CT molecular complexity index is 2480. The predicted octanol–water partition coefficient (Wildman–Crippen LogP) is 12.2. The van der Waals surface area contributed by atoms with Gasteiger partial charge in [-0.1, -0.05) is 97.1 Å². The summed E-state index contributed by atoms with van der Waals surface area (Å²) in [5.41, 5.74) is 12.0. The molecular weight excluding hydrogens is 576 g/mol. The number of oxazole rings is 1. The van der Waals surface area contributed by atoms with Gasteiger partial charge in [-0.3, -0.25) is 0 Å². The van der Waals surface area contributed by atoms with E-state index >= 15 is 0 Å². The molecule has 47 heavy (non-hydrogen) atoms. The third-order valence-electron chi connectivity index (χ3n) is 8.71. The summed E-state index contributed by atoms with van der Waals surface area (Å²) in [6.07, 6.45) is 0. The van der Waals surface area contributed by atoms with Crippen molar-refractivity contribution in [2.75, 3.05) is 4.90 Å². The molecule has 2 aromatic heterocycles. The molecule has 0 fully saturated rings. The smallest absolute Gasteiger partial charge is 0.227 e. The van der Waals surface area contributed by atoms with Crippen molar-refractivity contribution >= 4 is 50.1 Å². The normalized spacial score (nSPS) is 11.4. The van der Waals surface area contributed by atoms with E-state index in [1.54, 1.807) is 0 Å². The number of hydrogen-bond acceptors (Lipinski definition) is 4. The molecule has 9 rings (SSSR count). The maximum absolute atomic E-state index is 6.36. The number of anilines is 3. The first-order chi connectivity index (χ1) is 23.3. The predicted molar refractivity (Wildman–Crippen MR) is 192 cm³/mol. The lowest BCUT2D eigenvalue weighted by Gasteiger charge is -2.26. The molecule has 0 spiro atoms. The molecule has 0 amide bonds. The number of aromatic nitrogens is 1. The van der Waals surface area contributed by atoms with Crippen molar-refractivity contribution in [1.82, 2.24) is 4.98 Å². The Kier molecular flexibility index (Phi) is 6.43. The molecule has 0 bridgehead atoms. The van der Waals surface area contributed by atoms with Crippen molar-refractivity contribution in [2.24, 2.45) is 0 Å². The Hall–Kier alpha value is -6.39. The van der Waals surface area contributed by atoms with Crippen LogP contribution in [0.25, 0.3) is 66.7 Å². The molecule has 0 saturated carbocycles. The summed E-state index contributed by atoms with van der Waals surface area (Å²) < 4.78 is 12.6. The van der Waals surface area contributed by atoms with Crippen LogP contribution in [-0.4, -0.2) is 4.98 Å². The van der Waals surface area contributed by atoms with Crippen LogP contribution in [0, 0.1) is 0 Å². The quantitative estimate of drug-likeness (QED) is 0.189. The summed E-state index contributed by atoms with van der Waals surface area (Å²) in [5.74, 6) is 0.604. The van der Waals surface area contributed by atoms with Gasteiger partial charge in [-0.05, 0) is 95.1 Å². The van der Waals surface area contributed by atoms with Crippen molar-refractivity contribution in [1.29, 1.82) is 0 Å². The standard InChI is InChI=1S/C43H28N2O2/c1-4-10-29(11-5-1)30-16-21-35(22-17-30)45(34-14-8-3-9-15-34)36-23-18-31(19-24-36)33-20-26-39-37(28-33)41-40(46-39)27-25-38-42(41)47-43(44-38)32-12-6-2-7-13-32/h1-28H. The van der Waals surface area contributed by atoms with E-state index in [-0.39, 0.29) is 0 Å². The van der Waals surface area contributed by atoms with E-state index in [0.717, 1.165) is 66.8 Å². The molecule has 2 heterocycles. The van der Waals surface area contributed by atoms with Gasteiger partial charge in [0.15, 0.2) is 5.58 Å². The third kappa shape index (κ3) is 4.84. The summed E-state index contributed by atoms with van der Waals surface area (Å²) in [4.78, 5) is 7.07. The van der Waals surface area contributed by atoms with E-state index in [2.05, 4.69) is 114 Å². The van der Waals surface area contributed by atoms with E-state index in [4.69, 9.17) is 13.8 Å². The monoisotopic (exact) mass is 604 g/mol. The number of benzene rings is 7. The van der Waals surface area contributed by atoms with Gasteiger partial charge in [0.05, 0.1) is 5.39 Å². The molecular formula is C43H28N2O2. The van der Waals surface area contributed by atoms with Crippen LogP contribution in [0.4, 0.5) is 17.1 Å². The minimum Gasteiger partial charge on any atom is -0.456 e. The van der Waals surface area contributed by atoms with Crippen molar-refractivity contribution in [3.05, 3.63) is 170 Å². The molecule has 0 N–H and O–H groups in total. The zero-order valence-corrected chi connectivity index (χ0v) is 25.4. The molecule has 222 valence electrons. The average molecular weight is 605 g/mol. The first kappa shape index (κ1) is 27.0. The van der Waals surface area contributed by atoms with E-state index in [9.17, 15) is 0 Å². The van der Waals surface area contributed by atoms with Gasteiger partial charge in [0, 0.05) is 28.0 Å². The number of rotatable bonds is 6. The second-order valence-corrected chi connectivity index (χ2v) is 11.6. The topological polar surface area (TPSA) is 42.4 Å². The van der Waals surface area contributed by atoms with Crippen molar-refractivity contribution in [3.8, 4) is 33.7 Å². The molecule has 7 aromatic carbocycles. The van der Waals surface area contributed by atoms with Crippen LogP contribution in [0.2, 0.25) is 0 Å². The van der Waals surface area contributed by atoms with Crippen LogP contribution in [-0.2, 0) is 0 Å². The summed E-state index contributed by atoms with van der Waals surface area (Å²) in [7, 11) is 0. The fourth-order valence-electron chi connectivity index (χ4n) is 6.39. The van der Waals surface area contributed by atoms with Gasteiger partial charge in [-0.25, -0.2) is 4.98 Å². The second-order valence-electron chi connectivity index (χ2n) is 11.6. The Labute approximate surface area is 271 Å². The molecule has 9 aromatic rings. The molecule has 0 radical (unpaired) electrons. The van der Waals surface area contributed by atoms with Gasteiger partial charge in [-0.2, -0.15) is 0 Å². The van der Waals surface area contributed by atoms with E-state index < -0.39 is 0 Å². The number of hydrogen-bond donors (Lipinski definition) is 0. The lowest BCUT2D eigenvalue weighted by molar-refractivity contribution is 0.622. The van der Waals surface area contributed by atoms with E-state index in [1.807, 2.05) is 60.7 Å². The van der Waals surface area contributed by atoms with E-state index in [1.165, 1.54) is 11.1 Å². The summed E-state index contributed by atoms with van der Waals surface area (Å²) >= 11 is 0. The number of fused-ring (bicyclic) bond motifs is 5. The Morgan fingerprint density at radius 3 is 1.57 bits per heavy atom. The minimum absolute atomic E-state index is 0.604. The molecule has 0 unspecified atom stereocenters. The van der Waals surface area contributed by atoms with Crippen LogP contribution in [0.15, 0.2) is 179 Å². The average Bonchev–Trinajstić information content (AvgIpc) is 3.75. The first-order valence-electron chi connectivity index (χ1n) is 15.7. The van der Waals surface area contributed by atoms with E-state index in [0.29, 0.717) is 5.89 Å². The lowest BCUT2D eigenvalue weighted by Crippen LogP contribution is -2.09. The molecule has 0 atom stereocenters. The van der Waals surface area contributed by atoms with Crippen LogP contribution in [0.3, 0.4) is 0 Å². The summed E-state index contributed by atoms with van der Waals surface area (Å²) in [6.45, 7) is 0. The summed E-state index contributed by atoms with van der Waals surface area (Å²) in [5, 5.41) is 1.95. The van der Waals surface area contributed by atoms with Gasteiger partial charge < -0.3 is 13.7 Å². The highest BCUT2D eigenvalue weighted by molar-refractivity contribution is 6.17. The summed E-state index contributed by atoms with van der Waals surface area (Å²) in [6, 6.07) is 58.8. The maximum atomic E-state index is 6.36. The lowest BCUT2D eigenvalue weighted by atomic mass is 10.0. The van der Waals surface area contributed by atoms with Crippen LogP contribution >= 0.6 is 0 Å². The SMILES string of the molecule is c1ccc(-c2ccc(N(c3ccccc3)c3ccc(-c4ccc5oc6ccc7nc(-c8ccccc8)oc7c6c5c4)cc3)cc2)cc1. The van der Waals surface area contributed by atoms with Crippen molar-refractivity contribution in [3.63, 3.8) is 0 Å². The van der Waals surface area contributed by atoms with Gasteiger partial charge in [0.2, 0.25) is 5.89 Å². The Morgan fingerprint density at radius 1 is 0.404 bits per heavy atom. The largest absolute Gasteiger partial charge is 0.456 e. The van der Waals surface area contributed by atoms with Gasteiger partial charge in [0.1, 0.15) is 16.7 Å². The highest BCUT2D eigenvalue weighted by atomic mass is 16.4. The fourth-order valence-corrected chi connectivity index (χ4v) is 6.39. The van der Waals surface area contributed by atoms with Crippen molar-refractivity contribution in [2.45, 2.75) is 0 Å². The molecule has 4 heteroatoms. The third-order valence-corrected chi connectivity index (χ3v) is 8.71. The highest BCUT2D eigenvalue weighted by Gasteiger charge is 2.18. The van der Waals surface area contributed by atoms with Crippen LogP contribution < -0.4 is 4.90 Å². The zero-order valence-electron chi connectivity index (χ0n) is 25.4. The number of furan rings is 1. The number of nitrogens with zero attached hydrogens (tertiary/aromatic N) is 2. The van der Waals surface area contributed by atoms with Crippen LogP contribution in [0.5, 0.6) is 0 Å². The Balaban J connectivity index is 1.09. The van der Waals surface area contributed by atoms with Crippen LogP contribution in [0.1, 0.15) is 0 Å². The molecule has 4 nitrogen and oxygen atoms in total. The molecule has 0 saturated heterocycles. The number of para-hydroxylation sites is 1. The maximum Gasteiger partial charge on any atom is 0.227 e. The van der Waals surface area contributed by atoms with Gasteiger partial charge in [0.25, 0.3) is 0 Å². The fraction of sp³-hybridized carbons (Fsp3) is 0. The van der Waals surface area contributed by atoms with Gasteiger partial charge in [-0.15, -0.1) is 0 Å². The minimum atomic E-state index is 0.604. The van der Waals surface area contributed by atoms with Crippen molar-refractivity contribution < 1.29 is 8.83 Å². The van der Waals surface area contributed by atoms with Gasteiger partial charge >= 0.3 is 0 Å². The Morgan fingerprint density at radius 2 is 0.915 bits per heavy atom.